The Bertz CT molecular complexity index is 1310. The molecule has 8 nitrogen and oxygen atoms in total. The Morgan fingerprint density at radius 1 is 1.06 bits per heavy atom. The number of esters is 1. The molecule has 1 atom stereocenters. The zero-order valence-electron chi connectivity index (χ0n) is 18.7. The number of Topliss-reactive ketones (excluding diaryl/α,β-unsaturated/α-hetero) is 1. The maximum Gasteiger partial charge on any atom is 0.309 e. The average Bonchev–Trinajstić information content (AvgIpc) is 3.29. The molecule has 0 aliphatic carbocycles. The van der Waals surface area contributed by atoms with E-state index in [4.69, 9.17) is 0 Å². The molecule has 0 saturated carbocycles. The summed E-state index contributed by atoms with van der Waals surface area (Å²) < 4.78 is 4.69. The molecule has 34 heavy (non-hydrogen) atoms. The fourth-order valence-electron chi connectivity index (χ4n) is 3.95. The van der Waals surface area contributed by atoms with E-state index in [9.17, 15) is 24.6 Å². The van der Waals surface area contributed by atoms with Crippen LogP contribution in [-0.2, 0) is 20.7 Å². The number of anilines is 1. The van der Waals surface area contributed by atoms with Crippen LogP contribution in [0.2, 0.25) is 0 Å². The molecule has 2 aromatic carbocycles. The van der Waals surface area contributed by atoms with E-state index in [-0.39, 0.29) is 17.7 Å². The van der Waals surface area contributed by atoms with E-state index < -0.39 is 29.5 Å². The average molecular weight is 479 g/mol. The van der Waals surface area contributed by atoms with E-state index in [2.05, 4.69) is 9.72 Å². The standard InChI is InChI=1S/C25H22N2O6S/c1-13-24(34-14(2)26-13)22(30)20-21(16-6-10-18(28)11-7-16)27(25(32)23(20)31)17-8-4-15(5-9-17)12-19(29)33-3/h4-11,21,28,31H,12H2,1-3H3. The molecule has 3 aromatic rings. The van der Waals surface area contributed by atoms with Crippen LogP contribution in [0.15, 0.2) is 59.9 Å². The number of benzene rings is 2. The smallest absolute Gasteiger partial charge is 0.309 e. The highest BCUT2D eigenvalue weighted by Gasteiger charge is 2.45. The minimum atomic E-state index is -0.922. The maximum atomic E-state index is 13.5. The highest BCUT2D eigenvalue weighted by molar-refractivity contribution is 7.14. The molecule has 0 spiro atoms. The number of ether oxygens (including phenoxy) is 1. The predicted molar refractivity (Wildman–Crippen MR) is 126 cm³/mol. The number of hydrogen-bond acceptors (Lipinski definition) is 8. The molecule has 1 unspecified atom stereocenters. The molecule has 0 fully saturated rings. The van der Waals surface area contributed by atoms with Crippen LogP contribution < -0.4 is 4.90 Å². The van der Waals surface area contributed by atoms with E-state index in [1.807, 2.05) is 0 Å². The number of aryl methyl sites for hydroxylation is 2. The number of nitrogens with zero attached hydrogens (tertiary/aromatic N) is 2. The van der Waals surface area contributed by atoms with E-state index in [1.54, 1.807) is 50.2 Å². The molecular formula is C25H22N2O6S. The summed E-state index contributed by atoms with van der Waals surface area (Å²) in [6, 6.07) is 11.8. The number of carbonyl (C=O) groups excluding carboxylic acids is 3. The van der Waals surface area contributed by atoms with E-state index in [0.717, 1.165) is 0 Å². The number of aromatic hydroxyl groups is 1. The van der Waals surface area contributed by atoms with Crippen molar-refractivity contribution in [3.63, 3.8) is 0 Å². The molecule has 2 heterocycles. The van der Waals surface area contributed by atoms with Gasteiger partial charge in [0.15, 0.2) is 5.76 Å². The van der Waals surface area contributed by atoms with Crippen molar-refractivity contribution in [3.8, 4) is 5.75 Å². The van der Waals surface area contributed by atoms with Crippen LogP contribution in [-0.4, -0.2) is 40.0 Å². The predicted octanol–water partition coefficient (Wildman–Crippen LogP) is 3.96. The summed E-state index contributed by atoms with van der Waals surface area (Å²) in [5.41, 5.74) is 2.13. The molecule has 0 bridgehead atoms. The maximum absolute atomic E-state index is 13.5. The Labute approximate surface area is 199 Å². The number of thiazole rings is 1. The number of phenols is 1. The van der Waals surface area contributed by atoms with Gasteiger partial charge in [-0.2, -0.15) is 0 Å². The number of rotatable bonds is 6. The van der Waals surface area contributed by atoms with Crippen molar-refractivity contribution in [1.82, 2.24) is 4.98 Å². The van der Waals surface area contributed by atoms with Gasteiger partial charge in [-0.05, 0) is 49.2 Å². The van der Waals surface area contributed by atoms with Crippen LogP contribution in [0.5, 0.6) is 5.75 Å². The van der Waals surface area contributed by atoms with Gasteiger partial charge in [0.1, 0.15) is 5.75 Å². The van der Waals surface area contributed by atoms with E-state index in [0.29, 0.717) is 32.4 Å². The number of amides is 1. The topological polar surface area (TPSA) is 117 Å². The minimum Gasteiger partial charge on any atom is -0.508 e. The number of aromatic nitrogens is 1. The Kier molecular flexibility index (Phi) is 6.21. The van der Waals surface area contributed by atoms with Crippen molar-refractivity contribution in [2.75, 3.05) is 12.0 Å². The van der Waals surface area contributed by atoms with Crippen LogP contribution in [0.4, 0.5) is 5.69 Å². The summed E-state index contributed by atoms with van der Waals surface area (Å²) in [6.45, 7) is 3.49. The lowest BCUT2D eigenvalue weighted by atomic mass is 9.94. The number of carbonyl (C=O) groups is 3. The number of hydrogen-bond donors (Lipinski definition) is 2. The lowest BCUT2D eigenvalue weighted by Gasteiger charge is -2.27. The highest BCUT2D eigenvalue weighted by Crippen LogP contribution is 2.43. The number of aliphatic hydroxyl groups excluding tert-OH is 1. The first-order valence-electron chi connectivity index (χ1n) is 10.4. The Hall–Kier alpha value is -3.98. The van der Waals surface area contributed by atoms with Crippen LogP contribution in [0.1, 0.15) is 37.5 Å². The molecule has 174 valence electrons. The molecular weight excluding hydrogens is 456 g/mol. The van der Waals surface area contributed by atoms with Crippen LogP contribution >= 0.6 is 11.3 Å². The number of aliphatic hydroxyl groups is 1. The third-order valence-corrected chi connectivity index (χ3v) is 6.63. The number of ketones is 1. The van der Waals surface area contributed by atoms with Gasteiger partial charge >= 0.3 is 5.97 Å². The monoisotopic (exact) mass is 478 g/mol. The zero-order valence-corrected chi connectivity index (χ0v) is 19.5. The largest absolute Gasteiger partial charge is 0.508 e. The summed E-state index contributed by atoms with van der Waals surface area (Å²) in [7, 11) is 1.31. The van der Waals surface area contributed by atoms with E-state index >= 15 is 0 Å². The Morgan fingerprint density at radius 3 is 2.26 bits per heavy atom. The Balaban J connectivity index is 1.80. The van der Waals surface area contributed by atoms with Crippen molar-refractivity contribution in [1.29, 1.82) is 0 Å². The van der Waals surface area contributed by atoms with Crippen molar-refractivity contribution in [2.45, 2.75) is 26.3 Å². The molecule has 2 N–H and O–H groups in total. The SMILES string of the molecule is COC(=O)Cc1ccc(N2C(=O)C(O)=C(C(=O)c3sc(C)nc3C)C2c2ccc(O)cc2)cc1. The van der Waals surface area contributed by atoms with Crippen molar-refractivity contribution >= 4 is 34.7 Å². The summed E-state index contributed by atoms with van der Waals surface area (Å²) in [6.07, 6.45) is 0.0728. The third-order valence-electron chi connectivity index (χ3n) is 5.56. The Morgan fingerprint density at radius 2 is 1.71 bits per heavy atom. The fourth-order valence-corrected chi connectivity index (χ4v) is 4.83. The third kappa shape index (κ3) is 4.17. The molecule has 1 aliphatic heterocycles. The summed E-state index contributed by atoms with van der Waals surface area (Å²) in [5.74, 6) is -2.19. The second-order valence-electron chi connectivity index (χ2n) is 7.83. The molecule has 0 radical (unpaired) electrons. The first-order valence-corrected chi connectivity index (χ1v) is 11.2. The summed E-state index contributed by atoms with van der Waals surface area (Å²) >= 11 is 1.20. The van der Waals surface area contributed by atoms with Gasteiger partial charge in [0, 0.05) is 5.69 Å². The first-order chi connectivity index (χ1) is 16.2. The van der Waals surface area contributed by atoms with Crippen molar-refractivity contribution in [3.05, 3.63) is 86.6 Å². The van der Waals surface area contributed by atoms with E-state index in [1.165, 1.54) is 35.5 Å². The van der Waals surface area contributed by atoms with Gasteiger partial charge < -0.3 is 14.9 Å². The van der Waals surface area contributed by atoms with Crippen LogP contribution in [0, 0.1) is 13.8 Å². The van der Waals surface area contributed by atoms with Gasteiger partial charge in [-0.25, -0.2) is 4.98 Å². The normalized spacial score (nSPS) is 15.7. The first kappa shape index (κ1) is 23.2. The highest BCUT2D eigenvalue weighted by atomic mass is 32.1. The molecule has 4 rings (SSSR count). The minimum absolute atomic E-state index is 0.0294. The van der Waals surface area contributed by atoms with Gasteiger partial charge in [0.05, 0.1) is 40.7 Å². The summed E-state index contributed by atoms with van der Waals surface area (Å²) in [5, 5.41) is 21.3. The van der Waals surface area contributed by atoms with Gasteiger partial charge in [-0.15, -0.1) is 11.3 Å². The molecule has 1 amide bonds. The second-order valence-corrected chi connectivity index (χ2v) is 9.03. The lowest BCUT2D eigenvalue weighted by Crippen LogP contribution is -2.31. The van der Waals surface area contributed by atoms with Crippen LogP contribution in [0.25, 0.3) is 0 Å². The van der Waals surface area contributed by atoms with Gasteiger partial charge in [-0.3, -0.25) is 19.3 Å². The second kappa shape index (κ2) is 9.11. The molecule has 0 saturated heterocycles. The van der Waals surface area contributed by atoms with Gasteiger partial charge in [-0.1, -0.05) is 24.3 Å². The van der Waals surface area contributed by atoms with Crippen LogP contribution in [0.3, 0.4) is 0 Å². The number of phenolic OH excluding ortho intramolecular Hbond substituents is 1. The van der Waals surface area contributed by atoms with Crippen molar-refractivity contribution < 1.29 is 29.3 Å². The van der Waals surface area contributed by atoms with Gasteiger partial charge in [0.25, 0.3) is 5.91 Å². The zero-order chi connectivity index (χ0) is 24.6. The fraction of sp³-hybridized carbons (Fsp3) is 0.200. The molecule has 1 aliphatic rings. The molecule has 9 heteroatoms. The quantitative estimate of drug-likeness (QED) is 0.407. The number of methoxy groups -OCH3 is 1. The lowest BCUT2D eigenvalue weighted by molar-refractivity contribution is -0.139. The summed E-state index contributed by atoms with van der Waals surface area (Å²) in [4.78, 5) is 44.3. The van der Waals surface area contributed by atoms with Crippen molar-refractivity contribution in [2.24, 2.45) is 0 Å². The van der Waals surface area contributed by atoms with Gasteiger partial charge in [0.2, 0.25) is 5.78 Å². The molecule has 1 aromatic heterocycles.